The summed E-state index contributed by atoms with van der Waals surface area (Å²) in [6.45, 7) is 2.29. The van der Waals surface area contributed by atoms with Crippen molar-refractivity contribution in [3.05, 3.63) is 45.1 Å². The molecule has 2 heterocycles. The number of hydrogen-bond acceptors (Lipinski definition) is 4. The molecule has 0 atom stereocenters. The second-order valence-electron chi connectivity index (χ2n) is 6.42. The third-order valence-corrected chi connectivity index (χ3v) is 5.88. The van der Waals surface area contributed by atoms with Gasteiger partial charge in [-0.05, 0) is 55.5 Å². The van der Waals surface area contributed by atoms with Gasteiger partial charge in [-0.3, -0.25) is 4.79 Å². The summed E-state index contributed by atoms with van der Waals surface area (Å²) in [4.78, 5) is 14.8. The van der Waals surface area contributed by atoms with Gasteiger partial charge in [-0.15, -0.1) is 11.3 Å². The van der Waals surface area contributed by atoms with E-state index in [4.69, 9.17) is 4.74 Å². The summed E-state index contributed by atoms with van der Waals surface area (Å²) in [7, 11) is 0. The van der Waals surface area contributed by atoms with Crippen LogP contribution in [-0.2, 0) is 19.4 Å². The van der Waals surface area contributed by atoms with Gasteiger partial charge in [0.05, 0.1) is 4.88 Å². The summed E-state index contributed by atoms with van der Waals surface area (Å²) in [5, 5.41) is 6.36. The first-order chi connectivity index (χ1) is 11.8. The summed E-state index contributed by atoms with van der Waals surface area (Å²) in [5.74, 6) is 0.899. The molecule has 126 valence electrons. The monoisotopic (exact) mass is 342 g/mol. The van der Waals surface area contributed by atoms with E-state index in [1.54, 1.807) is 11.3 Å². The zero-order chi connectivity index (χ0) is 16.4. The number of ether oxygens (including phenoxy) is 1. The fraction of sp³-hybridized carbons (Fsp3) is 0.421. The summed E-state index contributed by atoms with van der Waals surface area (Å²) < 4.78 is 5.69. The van der Waals surface area contributed by atoms with Gasteiger partial charge in [-0.1, -0.05) is 6.42 Å². The fourth-order valence-electron chi connectivity index (χ4n) is 3.36. The Morgan fingerprint density at radius 1 is 1.12 bits per heavy atom. The smallest absolute Gasteiger partial charge is 0.265 e. The zero-order valence-electron chi connectivity index (χ0n) is 13.7. The molecule has 1 aliphatic carbocycles. The number of hydrogen-bond donors (Lipinski definition) is 2. The van der Waals surface area contributed by atoms with Crippen LogP contribution in [0.15, 0.2) is 24.3 Å². The van der Waals surface area contributed by atoms with Crippen molar-refractivity contribution in [1.29, 1.82) is 0 Å². The van der Waals surface area contributed by atoms with E-state index < -0.39 is 0 Å². The van der Waals surface area contributed by atoms with Crippen molar-refractivity contribution in [3.63, 3.8) is 0 Å². The Kier molecular flexibility index (Phi) is 4.54. The molecular formula is C19H22N2O2S. The van der Waals surface area contributed by atoms with Crippen LogP contribution in [0.5, 0.6) is 5.75 Å². The summed E-state index contributed by atoms with van der Waals surface area (Å²) in [5.41, 5.74) is 3.30. The summed E-state index contributed by atoms with van der Waals surface area (Å²) >= 11 is 1.66. The number of fused-ring (bicyclic) bond motifs is 2. The second-order valence-corrected chi connectivity index (χ2v) is 7.56. The first kappa shape index (κ1) is 15.7. The van der Waals surface area contributed by atoms with Crippen molar-refractivity contribution in [2.75, 3.05) is 18.5 Å². The van der Waals surface area contributed by atoms with Crippen molar-refractivity contribution in [3.8, 4) is 5.75 Å². The SMILES string of the molecule is O=C(Nc1ccc2c(c1)CNCCO2)c1cc2c(s1)CCCCC2. The molecule has 1 aromatic carbocycles. The Morgan fingerprint density at radius 2 is 2.04 bits per heavy atom. The quantitative estimate of drug-likeness (QED) is 0.817. The predicted octanol–water partition coefficient (Wildman–Crippen LogP) is 3.75. The first-order valence-corrected chi connectivity index (χ1v) is 9.50. The number of anilines is 1. The van der Waals surface area contributed by atoms with E-state index >= 15 is 0 Å². The summed E-state index contributed by atoms with van der Waals surface area (Å²) in [6, 6.07) is 7.96. The van der Waals surface area contributed by atoms with E-state index in [-0.39, 0.29) is 5.91 Å². The van der Waals surface area contributed by atoms with Gasteiger partial charge in [0.2, 0.25) is 0 Å². The van der Waals surface area contributed by atoms with Crippen LogP contribution in [-0.4, -0.2) is 19.1 Å². The minimum atomic E-state index is -0.00415. The summed E-state index contributed by atoms with van der Waals surface area (Å²) in [6.07, 6.45) is 6.01. The van der Waals surface area contributed by atoms with Crippen LogP contribution < -0.4 is 15.4 Å². The van der Waals surface area contributed by atoms with Gasteiger partial charge in [-0.25, -0.2) is 0 Å². The molecule has 4 nitrogen and oxygen atoms in total. The number of benzene rings is 1. The Hall–Kier alpha value is -1.85. The van der Waals surface area contributed by atoms with Crippen molar-refractivity contribution in [2.24, 2.45) is 0 Å². The van der Waals surface area contributed by atoms with Crippen LogP contribution in [0.3, 0.4) is 0 Å². The number of aryl methyl sites for hydroxylation is 2. The molecular weight excluding hydrogens is 320 g/mol. The predicted molar refractivity (Wildman–Crippen MR) is 97.2 cm³/mol. The number of nitrogens with one attached hydrogen (secondary N) is 2. The third-order valence-electron chi connectivity index (χ3n) is 4.64. The molecule has 5 heteroatoms. The van der Waals surface area contributed by atoms with E-state index in [1.807, 2.05) is 18.2 Å². The Bertz CT molecular complexity index is 730. The maximum absolute atomic E-state index is 12.6. The number of thiophene rings is 1. The Labute approximate surface area is 146 Å². The highest BCUT2D eigenvalue weighted by Gasteiger charge is 2.17. The van der Waals surface area contributed by atoms with E-state index in [0.29, 0.717) is 6.61 Å². The molecule has 0 bridgehead atoms. The normalized spacial score (nSPS) is 17.0. The van der Waals surface area contributed by atoms with E-state index in [1.165, 1.54) is 29.7 Å². The van der Waals surface area contributed by atoms with Gasteiger partial charge >= 0.3 is 0 Å². The molecule has 0 spiro atoms. The minimum absolute atomic E-state index is 0.00415. The minimum Gasteiger partial charge on any atom is -0.492 e. The van der Waals surface area contributed by atoms with Gasteiger partial charge in [-0.2, -0.15) is 0 Å². The van der Waals surface area contributed by atoms with Crippen molar-refractivity contribution >= 4 is 22.9 Å². The molecule has 2 aliphatic rings. The standard InChI is InChI=1S/C19H22N2O2S/c22-19(18-11-13-4-2-1-3-5-17(13)24-18)21-15-6-7-16-14(10-15)12-20-8-9-23-16/h6-7,10-11,20H,1-5,8-9,12H2,(H,21,22). The van der Waals surface area contributed by atoms with Gasteiger partial charge in [0.25, 0.3) is 5.91 Å². The van der Waals surface area contributed by atoms with E-state index in [9.17, 15) is 4.79 Å². The van der Waals surface area contributed by atoms with Gasteiger partial charge in [0, 0.05) is 29.2 Å². The van der Waals surface area contributed by atoms with Crippen LogP contribution >= 0.6 is 11.3 Å². The molecule has 0 fully saturated rings. The lowest BCUT2D eigenvalue weighted by atomic mass is 10.1. The number of amides is 1. The molecule has 0 radical (unpaired) electrons. The lowest BCUT2D eigenvalue weighted by molar-refractivity contribution is 0.103. The van der Waals surface area contributed by atoms with E-state index in [2.05, 4.69) is 16.7 Å². The Balaban J connectivity index is 1.51. The van der Waals surface area contributed by atoms with E-state index in [0.717, 1.165) is 47.8 Å². The van der Waals surface area contributed by atoms with Crippen LogP contribution in [0.2, 0.25) is 0 Å². The average molecular weight is 342 g/mol. The van der Waals surface area contributed by atoms with Crippen LogP contribution in [0, 0.1) is 0 Å². The van der Waals surface area contributed by atoms with Crippen LogP contribution in [0.4, 0.5) is 5.69 Å². The number of carbonyl (C=O) groups is 1. The highest BCUT2D eigenvalue weighted by Crippen LogP contribution is 2.30. The third kappa shape index (κ3) is 3.32. The fourth-order valence-corrected chi connectivity index (χ4v) is 4.51. The molecule has 0 unspecified atom stereocenters. The molecule has 1 aromatic heterocycles. The molecule has 2 N–H and O–H groups in total. The maximum atomic E-state index is 12.6. The second kappa shape index (κ2) is 6.95. The molecule has 1 aliphatic heterocycles. The zero-order valence-corrected chi connectivity index (χ0v) is 14.5. The largest absolute Gasteiger partial charge is 0.492 e. The maximum Gasteiger partial charge on any atom is 0.265 e. The first-order valence-electron chi connectivity index (χ1n) is 8.69. The topological polar surface area (TPSA) is 50.4 Å². The van der Waals surface area contributed by atoms with Crippen molar-refractivity contribution in [1.82, 2.24) is 5.32 Å². The number of rotatable bonds is 2. The Morgan fingerprint density at radius 3 is 3.00 bits per heavy atom. The highest BCUT2D eigenvalue weighted by atomic mass is 32.1. The molecule has 4 rings (SSSR count). The van der Waals surface area contributed by atoms with Gasteiger partial charge < -0.3 is 15.4 Å². The van der Waals surface area contributed by atoms with Crippen LogP contribution in [0.1, 0.15) is 44.9 Å². The van der Waals surface area contributed by atoms with Crippen LogP contribution in [0.25, 0.3) is 0 Å². The van der Waals surface area contributed by atoms with Crippen molar-refractivity contribution in [2.45, 2.75) is 38.6 Å². The molecule has 0 saturated carbocycles. The average Bonchev–Trinajstić information content (AvgIpc) is 2.76. The molecule has 1 amide bonds. The lowest BCUT2D eigenvalue weighted by Gasteiger charge is -2.09. The molecule has 0 saturated heterocycles. The van der Waals surface area contributed by atoms with Gasteiger partial charge in [0.15, 0.2) is 0 Å². The van der Waals surface area contributed by atoms with Gasteiger partial charge in [0.1, 0.15) is 12.4 Å². The molecule has 24 heavy (non-hydrogen) atoms. The van der Waals surface area contributed by atoms with Crippen molar-refractivity contribution < 1.29 is 9.53 Å². The molecule has 2 aromatic rings. The highest BCUT2D eigenvalue weighted by molar-refractivity contribution is 7.14. The lowest BCUT2D eigenvalue weighted by Crippen LogP contribution is -2.16. The number of carbonyl (C=O) groups excluding carboxylic acids is 1.